The van der Waals surface area contributed by atoms with Gasteiger partial charge in [-0.15, -0.1) is 0 Å². The largest absolute Gasteiger partial charge is 0.390 e. The third-order valence-corrected chi connectivity index (χ3v) is 3.18. The SMILES string of the molecule is FC(F)(F)CCn1cc(-c2nc(Cc3ccccc3)no2)cn1. The average Bonchev–Trinajstić information content (AvgIpc) is 3.14. The summed E-state index contributed by atoms with van der Waals surface area (Å²) in [5.41, 5.74) is 1.54. The highest BCUT2D eigenvalue weighted by Crippen LogP contribution is 2.21. The third-order valence-electron chi connectivity index (χ3n) is 3.18. The van der Waals surface area contributed by atoms with Crippen LogP contribution in [-0.4, -0.2) is 26.1 Å². The highest BCUT2D eigenvalue weighted by Gasteiger charge is 2.26. The number of benzene rings is 1. The molecular weight excluding hydrogens is 309 g/mol. The Kier molecular flexibility index (Phi) is 4.14. The molecule has 8 heteroatoms. The number of alkyl halides is 3. The Morgan fingerprint density at radius 1 is 1.13 bits per heavy atom. The molecule has 0 aliphatic carbocycles. The minimum atomic E-state index is -4.21. The molecule has 3 aromatic rings. The Balaban J connectivity index is 1.67. The second-order valence-electron chi connectivity index (χ2n) is 5.04. The number of halogens is 3. The molecule has 0 unspecified atom stereocenters. The number of nitrogens with zero attached hydrogens (tertiary/aromatic N) is 4. The molecule has 0 radical (unpaired) electrons. The highest BCUT2D eigenvalue weighted by molar-refractivity contribution is 5.49. The Hall–Kier alpha value is -2.64. The van der Waals surface area contributed by atoms with Gasteiger partial charge in [-0.3, -0.25) is 4.68 Å². The lowest BCUT2D eigenvalue weighted by molar-refractivity contribution is -0.137. The summed E-state index contributed by atoms with van der Waals surface area (Å²) < 4.78 is 43.0. The number of hydrogen-bond acceptors (Lipinski definition) is 4. The van der Waals surface area contributed by atoms with Crippen molar-refractivity contribution < 1.29 is 17.7 Å². The average molecular weight is 322 g/mol. The van der Waals surface area contributed by atoms with E-state index in [1.165, 1.54) is 17.1 Å². The summed E-state index contributed by atoms with van der Waals surface area (Å²) in [6.07, 6.45) is -1.75. The first-order valence-electron chi connectivity index (χ1n) is 6.96. The van der Waals surface area contributed by atoms with E-state index in [-0.39, 0.29) is 12.4 Å². The molecule has 3 rings (SSSR count). The maximum Gasteiger partial charge on any atom is 0.390 e. The summed E-state index contributed by atoms with van der Waals surface area (Å²) in [5, 5.41) is 7.76. The van der Waals surface area contributed by atoms with E-state index < -0.39 is 12.6 Å². The third kappa shape index (κ3) is 4.18. The molecule has 23 heavy (non-hydrogen) atoms. The first kappa shape index (κ1) is 15.3. The molecule has 0 saturated carbocycles. The van der Waals surface area contributed by atoms with Crippen LogP contribution in [0.4, 0.5) is 13.2 Å². The van der Waals surface area contributed by atoms with Crippen LogP contribution in [0.1, 0.15) is 17.8 Å². The molecular formula is C15H13F3N4O. The summed E-state index contributed by atoms with van der Waals surface area (Å²) in [4.78, 5) is 4.24. The van der Waals surface area contributed by atoms with Gasteiger partial charge >= 0.3 is 6.18 Å². The number of aryl methyl sites for hydroxylation is 1. The molecule has 0 fully saturated rings. The predicted molar refractivity (Wildman–Crippen MR) is 75.4 cm³/mol. The second-order valence-corrected chi connectivity index (χ2v) is 5.04. The van der Waals surface area contributed by atoms with Gasteiger partial charge in [0.05, 0.1) is 18.2 Å². The van der Waals surface area contributed by atoms with Crippen LogP contribution in [-0.2, 0) is 13.0 Å². The van der Waals surface area contributed by atoms with Gasteiger partial charge < -0.3 is 4.52 Å². The van der Waals surface area contributed by atoms with Gasteiger partial charge in [-0.2, -0.15) is 23.3 Å². The summed E-state index contributed by atoms with van der Waals surface area (Å²) in [7, 11) is 0. The first-order valence-corrected chi connectivity index (χ1v) is 6.96. The van der Waals surface area contributed by atoms with E-state index >= 15 is 0 Å². The van der Waals surface area contributed by atoms with Crippen molar-refractivity contribution in [1.82, 2.24) is 19.9 Å². The van der Waals surface area contributed by atoms with Crippen LogP contribution in [0.3, 0.4) is 0 Å². The van der Waals surface area contributed by atoms with Crippen LogP contribution in [0.25, 0.3) is 11.5 Å². The van der Waals surface area contributed by atoms with Crippen LogP contribution in [0.15, 0.2) is 47.2 Å². The van der Waals surface area contributed by atoms with Crippen LogP contribution in [0.2, 0.25) is 0 Å². The number of aromatic nitrogens is 4. The molecule has 120 valence electrons. The van der Waals surface area contributed by atoms with Crippen LogP contribution >= 0.6 is 0 Å². The van der Waals surface area contributed by atoms with Gasteiger partial charge in [0.15, 0.2) is 5.82 Å². The molecule has 2 heterocycles. The summed E-state index contributed by atoms with van der Waals surface area (Å²) in [5.74, 6) is 0.753. The monoisotopic (exact) mass is 322 g/mol. The van der Waals surface area contributed by atoms with Crippen molar-refractivity contribution >= 4 is 0 Å². The Labute approximate surface area is 129 Å². The van der Waals surface area contributed by atoms with E-state index in [0.717, 1.165) is 5.56 Å². The smallest absolute Gasteiger partial charge is 0.334 e. The van der Waals surface area contributed by atoms with E-state index in [9.17, 15) is 13.2 Å². The first-order chi connectivity index (χ1) is 11.0. The van der Waals surface area contributed by atoms with Gasteiger partial charge in [0.1, 0.15) is 0 Å². The van der Waals surface area contributed by atoms with Crippen molar-refractivity contribution in [2.75, 3.05) is 0 Å². The lowest BCUT2D eigenvalue weighted by Crippen LogP contribution is -2.12. The number of rotatable bonds is 5. The predicted octanol–water partition coefficient (Wildman–Crippen LogP) is 3.48. The van der Waals surface area contributed by atoms with Crippen LogP contribution < -0.4 is 0 Å². The molecule has 0 aliphatic heterocycles. The maximum atomic E-state index is 12.2. The number of hydrogen-bond donors (Lipinski definition) is 0. The normalized spacial score (nSPS) is 11.8. The molecule has 5 nitrogen and oxygen atoms in total. The quantitative estimate of drug-likeness (QED) is 0.722. The van der Waals surface area contributed by atoms with Crippen molar-refractivity contribution in [1.29, 1.82) is 0 Å². The maximum absolute atomic E-state index is 12.2. The zero-order valence-corrected chi connectivity index (χ0v) is 12.0. The molecule has 2 aromatic heterocycles. The van der Waals surface area contributed by atoms with Crippen molar-refractivity contribution in [3.05, 3.63) is 54.1 Å². The van der Waals surface area contributed by atoms with E-state index in [0.29, 0.717) is 17.8 Å². The lowest BCUT2D eigenvalue weighted by Gasteiger charge is -2.05. The molecule has 0 saturated heterocycles. The zero-order chi connectivity index (χ0) is 16.3. The van der Waals surface area contributed by atoms with Crippen LogP contribution in [0, 0.1) is 0 Å². The Morgan fingerprint density at radius 3 is 2.65 bits per heavy atom. The van der Waals surface area contributed by atoms with E-state index in [4.69, 9.17) is 4.52 Å². The van der Waals surface area contributed by atoms with Gasteiger partial charge in [0.2, 0.25) is 0 Å². The van der Waals surface area contributed by atoms with Gasteiger partial charge in [-0.1, -0.05) is 35.5 Å². The topological polar surface area (TPSA) is 56.7 Å². The molecule has 0 atom stereocenters. The highest BCUT2D eigenvalue weighted by atomic mass is 19.4. The second kappa shape index (κ2) is 6.23. The summed E-state index contributed by atoms with van der Waals surface area (Å²) in [6.45, 7) is -0.242. The van der Waals surface area contributed by atoms with Gasteiger partial charge in [0, 0.05) is 19.2 Å². The summed E-state index contributed by atoms with van der Waals surface area (Å²) in [6, 6.07) is 9.65. The molecule has 0 aliphatic rings. The molecule has 0 spiro atoms. The molecule has 1 aromatic carbocycles. The molecule has 0 N–H and O–H groups in total. The fourth-order valence-corrected chi connectivity index (χ4v) is 2.06. The van der Waals surface area contributed by atoms with Gasteiger partial charge in [0.25, 0.3) is 5.89 Å². The van der Waals surface area contributed by atoms with Crippen molar-refractivity contribution in [2.45, 2.75) is 25.6 Å². The molecule has 0 amide bonds. The zero-order valence-electron chi connectivity index (χ0n) is 12.0. The molecule has 0 bridgehead atoms. The Bertz CT molecular complexity index is 764. The fourth-order valence-electron chi connectivity index (χ4n) is 2.06. The van der Waals surface area contributed by atoms with Gasteiger partial charge in [-0.05, 0) is 5.56 Å². The lowest BCUT2D eigenvalue weighted by atomic mass is 10.1. The van der Waals surface area contributed by atoms with E-state index in [1.807, 2.05) is 30.3 Å². The van der Waals surface area contributed by atoms with Crippen molar-refractivity contribution in [3.8, 4) is 11.5 Å². The van der Waals surface area contributed by atoms with E-state index in [1.54, 1.807) is 0 Å². The standard InChI is InChI=1S/C15H13F3N4O/c16-15(17,18)6-7-22-10-12(9-19-22)14-20-13(21-23-14)8-11-4-2-1-3-5-11/h1-5,9-10H,6-8H2. The summed E-state index contributed by atoms with van der Waals surface area (Å²) >= 11 is 0. The fraction of sp³-hybridized carbons (Fsp3) is 0.267. The minimum absolute atomic E-state index is 0.242. The Morgan fingerprint density at radius 2 is 1.91 bits per heavy atom. The van der Waals surface area contributed by atoms with Gasteiger partial charge in [-0.25, -0.2) is 0 Å². The van der Waals surface area contributed by atoms with Crippen LogP contribution in [0.5, 0.6) is 0 Å². The van der Waals surface area contributed by atoms with Crippen molar-refractivity contribution in [2.24, 2.45) is 0 Å². The van der Waals surface area contributed by atoms with E-state index in [2.05, 4.69) is 15.2 Å². The minimum Gasteiger partial charge on any atom is -0.334 e. The van der Waals surface area contributed by atoms with Crippen molar-refractivity contribution in [3.63, 3.8) is 0 Å².